The van der Waals surface area contributed by atoms with Gasteiger partial charge >= 0.3 is 0 Å². The van der Waals surface area contributed by atoms with Gasteiger partial charge in [-0.05, 0) is 32.9 Å². The maximum absolute atomic E-state index is 9.54. The highest BCUT2D eigenvalue weighted by Gasteiger charge is 2.44. The van der Waals surface area contributed by atoms with E-state index in [2.05, 4.69) is 17.3 Å². The highest BCUT2D eigenvalue weighted by molar-refractivity contribution is 5.01. The molecule has 0 saturated heterocycles. The van der Waals surface area contributed by atoms with Crippen molar-refractivity contribution in [3.8, 4) is 0 Å². The molecule has 4 heteroatoms. The van der Waals surface area contributed by atoms with Gasteiger partial charge in [-0.3, -0.25) is 0 Å². The first-order chi connectivity index (χ1) is 7.18. The summed E-state index contributed by atoms with van der Waals surface area (Å²) in [4.78, 5) is 2.22. The van der Waals surface area contributed by atoms with Crippen LogP contribution in [0.25, 0.3) is 0 Å². The average molecular weight is 216 g/mol. The number of nitrogens with zero attached hydrogens (tertiary/aromatic N) is 1. The molecule has 0 spiro atoms. The molecule has 0 aliphatic heterocycles. The molecule has 1 aliphatic rings. The van der Waals surface area contributed by atoms with Crippen molar-refractivity contribution in [3.05, 3.63) is 0 Å². The van der Waals surface area contributed by atoms with E-state index in [9.17, 15) is 5.11 Å². The standard InChI is InChI=1S/C11H24N2O2/c1-12-11(9-14,10-4-5-10)8-13(2)6-7-15-3/h10,12,14H,4-9H2,1-3H3. The highest BCUT2D eigenvalue weighted by Crippen LogP contribution is 2.39. The number of hydrogen-bond acceptors (Lipinski definition) is 4. The van der Waals surface area contributed by atoms with Gasteiger partial charge in [0.25, 0.3) is 0 Å². The fraction of sp³-hybridized carbons (Fsp3) is 1.00. The maximum atomic E-state index is 9.54. The van der Waals surface area contributed by atoms with Crippen molar-refractivity contribution in [1.82, 2.24) is 10.2 Å². The highest BCUT2D eigenvalue weighted by atomic mass is 16.5. The van der Waals surface area contributed by atoms with Gasteiger partial charge in [0.1, 0.15) is 0 Å². The van der Waals surface area contributed by atoms with Gasteiger partial charge in [0.15, 0.2) is 0 Å². The largest absolute Gasteiger partial charge is 0.394 e. The summed E-state index contributed by atoms with van der Waals surface area (Å²) in [6.45, 7) is 2.75. The van der Waals surface area contributed by atoms with Crippen LogP contribution in [0.4, 0.5) is 0 Å². The molecular weight excluding hydrogens is 192 g/mol. The minimum absolute atomic E-state index is 0.109. The van der Waals surface area contributed by atoms with E-state index < -0.39 is 0 Å². The molecule has 90 valence electrons. The Kier molecular flexibility index (Phi) is 4.99. The van der Waals surface area contributed by atoms with Crippen LogP contribution in [0.5, 0.6) is 0 Å². The summed E-state index contributed by atoms with van der Waals surface area (Å²) in [6.07, 6.45) is 2.47. The first kappa shape index (κ1) is 12.9. The topological polar surface area (TPSA) is 44.7 Å². The number of nitrogens with one attached hydrogen (secondary N) is 1. The molecule has 0 heterocycles. The van der Waals surface area contributed by atoms with Crippen LogP contribution in [-0.2, 0) is 4.74 Å². The number of hydrogen-bond donors (Lipinski definition) is 2. The predicted octanol–water partition coefficient (Wildman–Crippen LogP) is -0.0749. The van der Waals surface area contributed by atoms with Gasteiger partial charge in [-0.15, -0.1) is 0 Å². The third kappa shape index (κ3) is 3.41. The Morgan fingerprint density at radius 3 is 2.60 bits per heavy atom. The van der Waals surface area contributed by atoms with E-state index >= 15 is 0 Å². The first-order valence-electron chi connectivity index (χ1n) is 5.66. The molecule has 0 amide bonds. The van der Waals surface area contributed by atoms with Crippen molar-refractivity contribution in [2.24, 2.45) is 5.92 Å². The van der Waals surface area contributed by atoms with Gasteiger partial charge in [-0.1, -0.05) is 0 Å². The molecule has 0 bridgehead atoms. The van der Waals surface area contributed by atoms with Crippen LogP contribution >= 0.6 is 0 Å². The van der Waals surface area contributed by atoms with Crippen molar-refractivity contribution in [1.29, 1.82) is 0 Å². The molecule has 2 N–H and O–H groups in total. The summed E-state index contributed by atoms with van der Waals surface area (Å²) in [5.41, 5.74) is -0.109. The SMILES string of the molecule is CNC(CO)(CN(C)CCOC)C1CC1. The second-order valence-electron chi connectivity index (χ2n) is 4.57. The minimum Gasteiger partial charge on any atom is -0.394 e. The quantitative estimate of drug-likeness (QED) is 0.596. The van der Waals surface area contributed by atoms with Gasteiger partial charge in [0, 0.05) is 20.2 Å². The monoisotopic (exact) mass is 216 g/mol. The van der Waals surface area contributed by atoms with Crippen LogP contribution in [0.2, 0.25) is 0 Å². The zero-order valence-electron chi connectivity index (χ0n) is 10.1. The van der Waals surface area contributed by atoms with E-state index in [4.69, 9.17) is 4.74 Å². The van der Waals surface area contributed by atoms with Crippen LogP contribution in [0.15, 0.2) is 0 Å². The molecule has 1 fully saturated rings. The second kappa shape index (κ2) is 5.80. The molecule has 1 unspecified atom stereocenters. The Labute approximate surface area is 92.6 Å². The molecule has 1 atom stereocenters. The lowest BCUT2D eigenvalue weighted by Crippen LogP contribution is -2.56. The summed E-state index contributed by atoms with van der Waals surface area (Å²) in [7, 11) is 5.73. The summed E-state index contributed by atoms with van der Waals surface area (Å²) >= 11 is 0. The van der Waals surface area contributed by atoms with E-state index in [1.807, 2.05) is 7.05 Å². The zero-order valence-corrected chi connectivity index (χ0v) is 10.1. The summed E-state index contributed by atoms with van der Waals surface area (Å²) < 4.78 is 5.05. The van der Waals surface area contributed by atoms with Crippen molar-refractivity contribution in [3.63, 3.8) is 0 Å². The second-order valence-corrected chi connectivity index (χ2v) is 4.57. The molecule has 1 aliphatic carbocycles. The van der Waals surface area contributed by atoms with Crippen LogP contribution in [-0.4, -0.2) is 63.1 Å². The lowest BCUT2D eigenvalue weighted by molar-refractivity contribution is 0.0910. The van der Waals surface area contributed by atoms with Crippen LogP contribution < -0.4 is 5.32 Å². The van der Waals surface area contributed by atoms with Crippen molar-refractivity contribution < 1.29 is 9.84 Å². The Hall–Kier alpha value is -0.160. The van der Waals surface area contributed by atoms with Gasteiger partial charge in [0.05, 0.1) is 18.8 Å². The van der Waals surface area contributed by atoms with E-state index in [0.29, 0.717) is 5.92 Å². The van der Waals surface area contributed by atoms with Gasteiger partial charge in [0.2, 0.25) is 0 Å². The Balaban J connectivity index is 2.42. The van der Waals surface area contributed by atoms with Gasteiger partial charge in [-0.25, -0.2) is 0 Å². The number of aliphatic hydroxyl groups is 1. The molecule has 4 nitrogen and oxygen atoms in total. The molecule has 15 heavy (non-hydrogen) atoms. The lowest BCUT2D eigenvalue weighted by Gasteiger charge is -2.35. The fourth-order valence-electron chi connectivity index (χ4n) is 2.11. The fourth-order valence-corrected chi connectivity index (χ4v) is 2.11. The Morgan fingerprint density at radius 2 is 2.20 bits per heavy atom. The molecule has 0 aromatic rings. The smallest absolute Gasteiger partial charge is 0.0628 e. The molecular formula is C11H24N2O2. The van der Waals surface area contributed by atoms with Crippen molar-refractivity contribution in [2.75, 3.05) is 47.5 Å². The van der Waals surface area contributed by atoms with Gasteiger partial charge < -0.3 is 20.1 Å². The summed E-state index contributed by atoms with van der Waals surface area (Å²) in [5, 5.41) is 12.8. The molecule has 1 rings (SSSR count). The van der Waals surface area contributed by atoms with E-state index in [-0.39, 0.29) is 12.1 Å². The number of aliphatic hydroxyl groups excluding tert-OH is 1. The normalized spacial score (nSPS) is 20.6. The molecule has 0 aromatic carbocycles. The molecule has 1 saturated carbocycles. The van der Waals surface area contributed by atoms with Crippen LogP contribution in [0.3, 0.4) is 0 Å². The average Bonchev–Trinajstić information content (AvgIpc) is 3.07. The molecule has 0 radical (unpaired) electrons. The third-order valence-electron chi connectivity index (χ3n) is 3.37. The minimum atomic E-state index is -0.109. The lowest BCUT2D eigenvalue weighted by atomic mass is 9.93. The van der Waals surface area contributed by atoms with E-state index in [1.165, 1.54) is 12.8 Å². The Bertz CT molecular complexity index is 179. The third-order valence-corrected chi connectivity index (χ3v) is 3.37. The summed E-state index contributed by atoms with van der Waals surface area (Å²) in [5.74, 6) is 0.637. The zero-order chi connectivity index (χ0) is 11.3. The van der Waals surface area contributed by atoms with E-state index in [0.717, 1.165) is 19.7 Å². The predicted molar refractivity (Wildman–Crippen MR) is 61.0 cm³/mol. The number of likely N-dealkylation sites (N-methyl/N-ethyl adjacent to an activating group) is 2. The van der Waals surface area contributed by atoms with Crippen LogP contribution in [0.1, 0.15) is 12.8 Å². The number of methoxy groups -OCH3 is 1. The first-order valence-corrected chi connectivity index (χ1v) is 5.66. The van der Waals surface area contributed by atoms with Crippen molar-refractivity contribution in [2.45, 2.75) is 18.4 Å². The van der Waals surface area contributed by atoms with E-state index in [1.54, 1.807) is 7.11 Å². The number of ether oxygens (including phenoxy) is 1. The van der Waals surface area contributed by atoms with Crippen molar-refractivity contribution >= 4 is 0 Å². The van der Waals surface area contributed by atoms with Crippen LogP contribution in [0, 0.1) is 5.92 Å². The maximum Gasteiger partial charge on any atom is 0.0628 e. The van der Waals surface area contributed by atoms with Gasteiger partial charge in [-0.2, -0.15) is 0 Å². The summed E-state index contributed by atoms with van der Waals surface area (Å²) in [6, 6.07) is 0. The molecule has 0 aromatic heterocycles. The Morgan fingerprint density at radius 1 is 1.53 bits per heavy atom. The number of rotatable bonds is 8.